The van der Waals surface area contributed by atoms with E-state index in [4.69, 9.17) is 4.74 Å². The Morgan fingerprint density at radius 1 is 1.21 bits per heavy atom. The van der Waals surface area contributed by atoms with Crippen LogP contribution in [0, 0.1) is 5.82 Å². The molecular weight excluding hydrogens is 396 g/mol. The van der Waals surface area contributed by atoms with Gasteiger partial charge in [0.05, 0.1) is 5.56 Å². The van der Waals surface area contributed by atoms with Crippen molar-refractivity contribution < 1.29 is 27.1 Å². The number of nitrogens with one attached hydrogen (secondary N) is 1. The molecule has 1 aliphatic rings. The van der Waals surface area contributed by atoms with Crippen LogP contribution in [0.4, 0.5) is 28.2 Å². The van der Waals surface area contributed by atoms with E-state index in [2.05, 4.69) is 10.4 Å². The smallest absolute Gasteiger partial charge is 0.419 e. The van der Waals surface area contributed by atoms with Crippen molar-refractivity contribution in [3.05, 3.63) is 52.1 Å². The number of piperidine rings is 1. The van der Waals surface area contributed by atoms with Gasteiger partial charge in [-0.1, -0.05) is 0 Å². The lowest BCUT2D eigenvalue weighted by molar-refractivity contribution is -0.140. The predicted octanol–water partition coefficient (Wildman–Crippen LogP) is 3.01. The molecule has 11 heteroatoms. The molecule has 0 aliphatic carbocycles. The van der Waals surface area contributed by atoms with E-state index >= 15 is 0 Å². The van der Waals surface area contributed by atoms with Gasteiger partial charge in [-0.05, 0) is 18.2 Å². The highest BCUT2D eigenvalue weighted by molar-refractivity contribution is 5.88. The summed E-state index contributed by atoms with van der Waals surface area (Å²) in [6, 6.07) is 4.73. The van der Waals surface area contributed by atoms with E-state index in [1.807, 2.05) is 0 Å². The highest BCUT2D eigenvalue weighted by Gasteiger charge is 2.34. The standard InChI is InChI=1S/C18H18F4N4O3/c1-25-16(27)5-4-15(24-25)23-17(28)26-8-6-11(7-9-26)29-12-2-3-13(14(19)10-12)18(20,21)22/h2-5,10-11H,6-9H2,1H3,(H,23,24,28). The Kier molecular flexibility index (Phi) is 5.76. The van der Waals surface area contributed by atoms with E-state index in [1.54, 1.807) is 0 Å². The number of aromatic nitrogens is 2. The van der Waals surface area contributed by atoms with Crippen LogP contribution in [0.2, 0.25) is 0 Å². The van der Waals surface area contributed by atoms with E-state index in [0.29, 0.717) is 38.1 Å². The number of amides is 2. The van der Waals surface area contributed by atoms with Crippen LogP contribution in [-0.2, 0) is 13.2 Å². The number of likely N-dealkylation sites (tertiary alicyclic amines) is 1. The average Bonchev–Trinajstić information content (AvgIpc) is 2.64. The molecule has 1 aromatic heterocycles. The van der Waals surface area contributed by atoms with Gasteiger partial charge in [0, 0.05) is 45.1 Å². The van der Waals surface area contributed by atoms with Gasteiger partial charge in [-0.3, -0.25) is 10.1 Å². The van der Waals surface area contributed by atoms with Gasteiger partial charge in [-0.2, -0.15) is 18.3 Å². The van der Waals surface area contributed by atoms with Crippen LogP contribution in [0.5, 0.6) is 5.75 Å². The fourth-order valence-corrected chi connectivity index (χ4v) is 2.93. The Morgan fingerprint density at radius 3 is 2.48 bits per heavy atom. The molecule has 0 spiro atoms. The summed E-state index contributed by atoms with van der Waals surface area (Å²) in [5.74, 6) is -1.15. The van der Waals surface area contributed by atoms with Crippen LogP contribution in [-0.4, -0.2) is 39.9 Å². The van der Waals surface area contributed by atoms with Crippen molar-refractivity contribution in [1.29, 1.82) is 0 Å². The van der Waals surface area contributed by atoms with Crippen molar-refractivity contribution >= 4 is 11.8 Å². The summed E-state index contributed by atoms with van der Waals surface area (Å²) < 4.78 is 58.1. The molecule has 2 aromatic rings. The number of halogens is 4. The lowest BCUT2D eigenvalue weighted by Crippen LogP contribution is -2.44. The lowest BCUT2D eigenvalue weighted by atomic mass is 10.1. The fraction of sp³-hybridized carbons (Fsp3) is 0.389. The molecule has 1 aromatic carbocycles. The minimum absolute atomic E-state index is 0.00723. The molecule has 0 bridgehead atoms. The molecule has 3 rings (SSSR count). The normalized spacial score (nSPS) is 15.3. The second kappa shape index (κ2) is 8.10. The second-order valence-corrected chi connectivity index (χ2v) is 6.55. The van der Waals surface area contributed by atoms with Crippen LogP contribution in [0.1, 0.15) is 18.4 Å². The number of carbonyl (C=O) groups is 1. The molecule has 0 unspecified atom stereocenters. The molecule has 2 heterocycles. The molecule has 1 fully saturated rings. The number of ether oxygens (including phenoxy) is 1. The minimum atomic E-state index is -4.76. The average molecular weight is 414 g/mol. The van der Waals surface area contributed by atoms with Gasteiger partial charge in [-0.15, -0.1) is 0 Å². The maximum atomic E-state index is 13.6. The molecule has 156 valence electrons. The van der Waals surface area contributed by atoms with E-state index in [9.17, 15) is 27.2 Å². The largest absolute Gasteiger partial charge is 0.490 e. The zero-order valence-corrected chi connectivity index (χ0v) is 15.4. The van der Waals surface area contributed by atoms with E-state index in [-0.39, 0.29) is 23.2 Å². The molecule has 0 atom stereocenters. The van der Waals surface area contributed by atoms with E-state index < -0.39 is 23.6 Å². The van der Waals surface area contributed by atoms with Gasteiger partial charge in [-0.25, -0.2) is 13.9 Å². The number of hydrogen-bond acceptors (Lipinski definition) is 4. The molecule has 0 radical (unpaired) electrons. The quantitative estimate of drug-likeness (QED) is 0.784. The summed E-state index contributed by atoms with van der Waals surface area (Å²) in [7, 11) is 1.46. The van der Waals surface area contributed by atoms with Gasteiger partial charge in [0.15, 0.2) is 5.82 Å². The number of nitrogens with zero attached hydrogens (tertiary/aromatic N) is 3. The molecule has 1 saturated heterocycles. The Hall–Kier alpha value is -3.11. The van der Waals surface area contributed by atoms with Crippen molar-refractivity contribution in [3.8, 4) is 5.75 Å². The molecule has 0 saturated carbocycles. The summed E-state index contributed by atoms with van der Waals surface area (Å²) in [5.41, 5.74) is -1.65. The summed E-state index contributed by atoms with van der Waals surface area (Å²) in [5, 5.41) is 6.51. The van der Waals surface area contributed by atoms with Crippen LogP contribution in [0.3, 0.4) is 0 Å². The van der Waals surface area contributed by atoms with Crippen molar-refractivity contribution in [1.82, 2.24) is 14.7 Å². The topological polar surface area (TPSA) is 76.5 Å². The molecule has 1 aliphatic heterocycles. The summed E-state index contributed by atoms with van der Waals surface area (Å²) in [4.78, 5) is 25.1. The fourth-order valence-electron chi connectivity index (χ4n) is 2.93. The lowest BCUT2D eigenvalue weighted by Gasteiger charge is -2.32. The summed E-state index contributed by atoms with van der Waals surface area (Å²) >= 11 is 0. The monoisotopic (exact) mass is 414 g/mol. The molecule has 2 amide bonds. The molecule has 7 nitrogen and oxygen atoms in total. The van der Waals surface area contributed by atoms with Crippen molar-refractivity contribution in [2.24, 2.45) is 7.05 Å². The first-order valence-corrected chi connectivity index (χ1v) is 8.77. The van der Waals surface area contributed by atoms with Crippen LogP contribution < -0.4 is 15.6 Å². The van der Waals surface area contributed by atoms with Crippen molar-refractivity contribution in [3.63, 3.8) is 0 Å². The SMILES string of the molecule is Cn1nc(NC(=O)N2CCC(Oc3ccc(C(F)(F)F)c(F)c3)CC2)ccc1=O. The third kappa shape index (κ3) is 5.04. The Balaban J connectivity index is 1.53. The van der Waals surface area contributed by atoms with Gasteiger partial charge < -0.3 is 9.64 Å². The zero-order valence-electron chi connectivity index (χ0n) is 15.4. The van der Waals surface area contributed by atoms with Crippen molar-refractivity contribution in [2.75, 3.05) is 18.4 Å². The highest BCUT2D eigenvalue weighted by Crippen LogP contribution is 2.33. The van der Waals surface area contributed by atoms with Gasteiger partial charge in [0.2, 0.25) is 0 Å². The first-order chi connectivity index (χ1) is 13.6. The predicted molar refractivity (Wildman–Crippen MR) is 95.1 cm³/mol. The third-order valence-electron chi connectivity index (χ3n) is 4.47. The van der Waals surface area contributed by atoms with Crippen LogP contribution >= 0.6 is 0 Å². The maximum Gasteiger partial charge on any atom is 0.419 e. The molecular formula is C18H18F4N4O3. The Bertz CT molecular complexity index is 953. The first kappa shape index (κ1) is 20.6. The van der Waals surface area contributed by atoms with Gasteiger partial charge >= 0.3 is 12.2 Å². The maximum absolute atomic E-state index is 13.6. The highest BCUT2D eigenvalue weighted by atomic mass is 19.4. The number of anilines is 1. The third-order valence-corrected chi connectivity index (χ3v) is 4.47. The second-order valence-electron chi connectivity index (χ2n) is 6.55. The van der Waals surface area contributed by atoms with Gasteiger partial charge in [0.1, 0.15) is 17.7 Å². The van der Waals surface area contributed by atoms with Crippen molar-refractivity contribution in [2.45, 2.75) is 25.1 Å². The van der Waals surface area contributed by atoms with E-state index in [1.165, 1.54) is 24.1 Å². The minimum Gasteiger partial charge on any atom is -0.490 e. The summed E-state index contributed by atoms with van der Waals surface area (Å²) in [6.45, 7) is 0.677. The first-order valence-electron chi connectivity index (χ1n) is 8.77. The van der Waals surface area contributed by atoms with Gasteiger partial charge in [0.25, 0.3) is 5.56 Å². The number of benzene rings is 1. The van der Waals surface area contributed by atoms with Crippen LogP contribution in [0.15, 0.2) is 35.1 Å². The Morgan fingerprint density at radius 2 is 1.90 bits per heavy atom. The molecule has 1 N–H and O–H groups in total. The Labute approximate surface area is 162 Å². The zero-order chi connectivity index (χ0) is 21.2. The number of urea groups is 1. The van der Waals surface area contributed by atoms with E-state index in [0.717, 1.165) is 10.7 Å². The number of aryl methyl sites for hydroxylation is 1. The number of hydrogen-bond donors (Lipinski definition) is 1. The van der Waals surface area contributed by atoms with Crippen LogP contribution in [0.25, 0.3) is 0 Å². The number of alkyl halides is 3. The molecule has 29 heavy (non-hydrogen) atoms. The summed E-state index contributed by atoms with van der Waals surface area (Å²) in [6.07, 6.45) is -4.26. The number of carbonyl (C=O) groups excluding carboxylic acids is 1. The number of rotatable bonds is 3.